The molecule has 2 aromatic rings. The molecular weight excluding hydrogens is 382 g/mol. The zero-order valence-electron chi connectivity index (χ0n) is 17.5. The number of nitrogens with zero attached hydrogens (tertiary/aromatic N) is 3. The highest BCUT2D eigenvalue weighted by atomic mass is 16.5. The summed E-state index contributed by atoms with van der Waals surface area (Å²) in [5.74, 6) is 0.999. The Bertz CT molecular complexity index is 922. The van der Waals surface area contributed by atoms with Crippen LogP contribution in [0.15, 0.2) is 34.8 Å². The quantitative estimate of drug-likeness (QED) is 0.705. The van der Waals surface area contributed by atoms with Crippen molar-refractivity contribution in [1.82, 2.24) is 14.7 Å². The number of morpholine rings is 1. The first-order valence-electron chi connectivity index (χ1n) is 10.7. The third kappa shape index (κ3) is 4.57. The van der Waals surface area contributed by atoms with Crippen molar-refractivity contribution < 1.29 is 18.7 Å². The van der Waals surface area contributed by atoms with Crippen LogP contribution in [0.5, 0.6) is 0 Å². The maximum absolute atomic E-state index is 12.7. The second kappa shape index (κ2) is 9.45. The van der Waals surface area contributed by atoms with Crippen molar-refractivity contribution in [2.24, 2.45) is 0 Å². The number of carbonyl (C=O) groups excluding carboxylic acids is 2. The van der Waals surface area contributed by atoms with E-state index >= 15 is 0 Å². The summed E-state index contributed by atoms with van der Waals surface area (Å²) in [6, 6.07) is 7.88. The van der Waals surface area contributed by atoms with Gasteiger partial charge in [-0.3, -0.25) is 14.5 Å². The minimum Gasteiger partial charge on any atom is -0.460 e. The smallest absolute Gasteiger partial charge is 0.246 e. The molecule has 3 heterocycles. The molecule has 7 heteroatoms. The van der Waals surface area contributed by atoms with Gasteiger partial charge in [-0.25, -0.2) is 0 Å². The Morgan fingerprint density at radius 3 is 2.43 bits per heavy atom. The van der Waals surface area contributed by atoms with Gasteiger partial charge in [0, 0.05) is 62.7 Å². The first-order valence-corrected chi connectivity index (χ1v) is 10.7. The van der Waals surface area contributed by atoms with Crippen LogP contribution in [0.3, 0.4) is 0 Å². The van der Waals surface area contributed by atoms with Gasteiger partial charge < -0.3 is 19.0 Å². The molecule has 2 aliphatic heterocycles. The number of ether oxygens (including phenoxy) is 1. The number of piperazine rings is 1. The van der Waals surface area contributed by atoms with Crippen LogP contribution in [0.25, 0.3) is 17.0 Å². The Hall–Kier alpha value is -2.64. The largest absolute Gasteiger partial charge is 0.460 e. The van der Waals surface area contributed by atoms with Crippen molar-refractivity contribution in [2.75, 3.05) is 59.0 Å². The van der Waals surface area contributed by atoms with Crippen molar-refractivity contribution in [1.29, 1.82) is 0 Å². The Balaban J connectivity index is 1.33. The normalized spacial score (nSPS) is 18.4. The molecule has 0 radical (unpaired) electrons. The highest BCUT2D eigenvalue weighted by molar-refractivity contribution is 5.96. The number of para-hydroxylation sites is 1. The number of rotatable bonds is 5. The number of furan rings is 1. The van der Waals surface area contributed by atoms with Gasteiger partial charge in [0.05, 0.1) is 19.8 Å². The summed E-state index contributed by atoms with van der Waals surface area (Å²) < 4.78 is 11.2. The summed E-state index contributed by atoms with van der Waals surface area (Å²) in [4.78, 5) is 31.0. The van der Waals surface area contributed by atoms with Gasteiger partial charge in [-0.2, -0.15) is 0 Å². The maximum atomic E-state index is 12.7. The molecule has 2 saturated heterocycles. The van der Waals surface area contributed by atoms with Gasteiger partial charge in [-0.05, 0) is 12.1 Å². The molecule has 0 aliphatic carbocycles. The fourth-order valence-electron chi connectivity index (χ4n) is 4.05. The minimum atomic E-state index is -0.0254. The Kier molecular flexibility index (Phi) is 6.50. The van der Waals surface area contributed by atoms with E-state index in [0.717, 1.165) is 41.8 Å². The molecule has 0 atom stereocenters. The van der Waals surface area contributed by atoms with Gasteiger partial charge in [0.2, 0.25) is 11.8 Å². The van der Waals surface area contributed by atoms with E-state index in [9.17, 15) is 9.59 Å². The standard InChI is InChI=1S/C23H29N3O4/c1-2-20-19(18-5-3-4-6-21(18)30-20)7-8-22(27)25-9-11-26(12-10-25)23(28)17-24-13-15-29-16-14-24/h3-8H,2,9-17H2,1H3/b8-7+. The van der Waals surface area contributed by atoms with Crippen LogP contribution in [0.4, 0.5) is 0 Å². The fraction of sp³-hybridized carbons (Fsp3) is 0.478. The van der Waals surface area contributed by atoms with Gasteiger partial charge in [-0.15, -0.1) is 0 Å². The van der Waals surface area contributed by atoms with Crippen molar-refractivity contribution >= 4 is 28.9 Å². The molecule has 1 aromatic carbocycles. The molecule has 0 spiro atoms. The van der Waals surface area contributed by atoms with Crippen molar-refractivity contribution in [3.05, 3.63) is 41.7 Å². The molecule has 2 fully saturated rings. The molecular formula is C23H29N3O4. The number of hydrogen-bond donors (Lipinski definition) is 0. The number of fused-ring (bicyclic) bond motifs is 1. The molecule has 30 heavy (non-hydrogen) atoms. The van der Waals surface area contributed by atoms with Crippen LogP contribution in [-0.2, 0) is 20.7 Å². The van der Waals surface area contributed by atoms with Gasteiger partial charge in [0.25, 0.3) is 0 Å². The predicted octanol–water partition coefficient (Wildman–Crippen LogP) is 2.01. The lowest BCUT2D eigenvalue weighted by Crippen LogP contribution is -2.53. The van der Waals surface area contributed by atoms with E-state index < -0.39 is 0 Å². The zero-order chi connectivity index (χ0) is 20.9. The summed E-state index contributed by atoms with van der Waals surface area (Å²) >= 11 is 0. The number of hydrogen-bond acceptors (Lipinski definition) is 5. The van der Waals surface area contributed by atoms with Crippen LogP contribution in [0.2, 0.25) is 0 Å². The molecule has 2 aliphatic rings. The van der Waals surface area contributed by atoms with Crippen molar-refractivity contribution in [2.45, 2.75) is 13.3 Å². The second-order valence-corrected chi connectivity index (χ2v) is 7.72. The highest BCUT2D eigenvalue weighted by Crippen LogP contribution is 2.27. The summed E-state index contributed by atoms with van der Waals surface area (Å²) in [6.07, 6.45) is 4.26. The van der Waals surface area contributed by atoms with Crippen LogP contribution in [0, 0.1) is 0 Å². The van der Waals surface area contributed by atoms with E-state index in [1.165, 1.54) is 0 Å². The summed E-state index contributed by atoms with van der Waals surface area (Å²) in [7, 11) is 0. The zero-order valence-corrected chi connectivity index (χ0v) is 17.5. The lowest BCUT2D eigenvalue weighted by molar-refractivity contribution is -0.138. The molecule has 0 bridgehead atoms. The van der Waals surface area contributed by atoms with Crippen molar-refractivity contribution in [3.8, 4) is 0 Å². The molecule has 0 saturated carbocycles. The van der Waals surface area contributed by atoms with E-state index in [-0.39, 0.29) is 11.8 Å². The Labute approximate surface area is 176 Å². The molecule has 2 amide bonds. The van der Waals surface area contributed by atoms with Crippen LogP contribution >= 0.6 is 0 Å². The van der Waals surface area contributed by atoms with Crippen molar-refractivity contribution in [3.63, 3.8) is 0 Å². The van der Waals surface area contributed by atoms with E-state index in [0.29, 0.717) is 45.9 Å². The summed E-state index contributed by atoms with van der Waals surface area (Å²) in [5, 5.41) is 1.02. The topological polar surface area (TPSA) is 66.2 Å². The molecule has 160 valence electrons. The second-order valence-electron chi connectivity index (χ2n) is 7.72. The summed E-state index contributed by atoms with van der Waals surface area (Å²) in [5.41, 5.74) is 1.81. The third-order valence-corrected chi connectivity index (χ3v) is 5.83. The molecule has 0 N–H and O–H groups in total. The maximum Gasteiger partial charge on any atom is 0.246 e. The molecule has 0 unspecified atom stereocenters. The van der Waals surface area contributed by atoms with Crippen LogP contribution in [0.1, 0.15) is 18.2 Å². The molecule has 4 rings (SSSR count). The lowest BCUT2D eigenvalue weighted by atomic mass is 10.1. The van der Waals surface area contributed by atoms with Crippen LogP contribution in [-0.4, -0.2) is 85.5 Å². The fourth-order valence-corrected chi connectivity index (χ4v) is 4.05. The SMILES string of the molecule is CCc1oc2ccccc2c1/C=C/C(=O)N1CCN(C(=O)CN2CCOCC2)CC1. The number of carbonyl (C=O) groups is 2. The van der Waals surface area contributed by atoms with Gasteiger partial charge in [-0.1, -0.05) is 25.1 Å². The lowest BCUT2D eigenvalue weighted by Gasteiger charge is -2.36. The van der Waals surface area contributed by atoms with Gasteiger partial charge in [0.15, 0.2) is 0 Å². The highest BCUT2D eigenvalue weighted by Gasteiger charge is 2.25. The number of aryl methyl sites for hydroxylation is 1. The van der Waals surface area contributed by atoms with E-state index in [1.54, 1.807) is 6.08 Å². The van der Waals surface area contributed by atoms with E-state index in [1.807, 2.05) is 47.1 Å². The third-order valence-electron chi connectivity index (χ3n) is 5.83. The average molecular weight is 412 g/mol. The molecule has 1 aromatic heterocycles. The number of benzene rings is 1. The van der Waals surface area contributed by atoms with E-state index in [4.69, 9.17) is 9.15 Å². The average Bonchev–Trinajstić information content (AvgIpc) is 3.16. The molecule has 7 nitrogen and oxygen atoms in total. The summed E-state index contributed by atoms with van der Waals surface area (Å²) in [6.45, 7) is 7.75. The monoisotopic (exact) mass is 411 g/mol. The predicted molar refractivity (Wildman–Crippen MR) is 115 cm³/mol. The van der Waals surface area contributed by atoms with Crippen LogP contribution < -0.4 is 0 Å². The van der Waals surface area contributed by atoms with Gasteiger partial charge >= 0.3 is 0 Å². The Morgan fingerprint density at radius 2 is 1.70 bits per heavy atom. The number of amides is 2. The first kappa shape index (κ1) is 20.6. The first-order chi connectivity index (χ1) is 14.7. The minimum absolute atomic E-state index is 0.0254. The van der Waals surface area contributed by atoms with E-state index in [2.05, 4.69) is 4.90 Å². The Morgan fingerprint density at radius 1 is 1.00 bits per heavy atom. The van der Waals surface area contributed by atoms with Gasteiger partial charge in [0.1, 0.15) is 11.3 Å².